The maximum absolute atomic E-state index is 14.8. The molecule has 1 aliphatic heterocycles. The van der Waals surface area contributed by atoms with E-state index in [1.54, 1.807) is 6.92 Å². The quantitative estimate of drug-likeness (QED) is 0.273. The summed E-state index contributed by atoms with van der Waals surface area (Å²) in [5, 5.41) is 0.516. The van der Waals surface area contributed by atoms with Gasteiger partial charge in [0.15, 0.2) is 16.1 Å². The molecule has 0 N–H and O–H groups in total. The Morgan fingerprint density at radius 2 is 2.03 bits per heavy atom. The number of anilines is 1. The highest BCUT2D eigenvalue weighted by molar-refractivity contribution is 9.10. The predicted octanol–water partition coefficient (Wildman–Crippen LogP) is 6.20. The van der Waals surface area contributed by atoms with Crippen molar-refractivity contribution in [2.24, 2.45) is 17.8 Å². The number of hydrogen-bond donors (Lipinski definition) is 0. The molecule has 0 radical (unpaired) electrons. The molecule has 2 aromatic rings. The highest BCUT2D eigenvalue weighted by Gasteiger charge is 2.46. The third-order valence-electron chi connectivity index (χ3n) is 6.02. The zero-order valence-electron chi connectivity index (χ0n) is 16.0. The lowest BCUT2D eigenvalue weighted by atomic mass is 9.83. The van der Waals surface area contributed by atoms with E-state index in [0.717, 1.165) is 19.3 Å². The molecule has 2 aromatic heterocycles. The minimum atomic E-state index is -2.44. The summed E-state index contributed by atoms with van der Waals surface area (Å²) in [6, 6.07) is -0.364. The molecule has 2 bridgehead atoms. The summed E-state index contributed by atoms with van der Waals surface area (Å²) in [7, 11) is 0. The first-order valence-corrected chi connectivity index (χ1v) is 11.9. The molecule has 10 heteroatoms. The number of hydrogen-bond acceptors (Lipinski definition) is 5. The summed E-state index contributed by atoms with van der Waals surface area (Å²) in [6.45, 7) is 4.17. The Morgan fingerprint density at radius 1 is 1.28 bits per heavy atom. The van der Waals surface area contributed by atoms with Crippen LogP contribution in [0.3, 0.4) is 0 Å². The van der Waals surface area contributed by atoms with Crippen molar-refractivity contribution in [1.82, 2.24) is 15.0 Å². The van der Waals surface area contributed by atoms with E-state index in [2.05, 4.69) is 30.9 Å². The normalized spacial score (nSPS) is 25.2. The summed E-state index contributed by atoms with van der Waals surface area (Å²) in [5.41, 5.74) is 0.0687. The lowest BCUT2D eigenvalue weighted by Gasteiger charge is -2.44. The van der Waals surface area contributed by atoms with Gasteiger partial charge in [0.2, 0.25) is 6.43 Å². The van der Waals surface area contributed by atoms with Crippen LogP contribution >= 0.6 is 39.3 Å². The zero-order valence-corrected chi connectivity index (χ0v) is 19.2. The van der Waals surface area contributed by atoms with E-state index in [1.807, 2.05) is 11.8 Å². The smallest absolute Gasteiger partial charge is 0.243 e. The number of fused-ring (bicyclic) bond motifs is 3. The van der Waals surface area contributed by atoms with E-state index >= 15 is 0 Å². The molecular formula is C19H21BrClF3N4S. The van der Waals surface area contributed by atoms with Crippen molar-refractivity contribution in [3.63, 3.8) is 0 Å². The van der Waals surface area contributed by atoms with Crippen LogP contribution in [0, 0.1) is 23.6 Å². The van der Waals surface area contributed by atoms with Crippen LogP contribution in [-0.2, 0) is 0 Å². The number of nitrogens with zero attached hydrogens (tertiary/aromatic N) is 4. The summed E-state index contributed by atoms with van der Waals surface area (Å²) in [6.07, 6.45) is 0.469. The third kappa shape index (κ3) is 3.82. The van der Waals surface area contributed by atoms with Gasteiger partial charge < -0.3 is 4.90 Å². The van der Waals surface area contributed by atoms with E-state index in [9.17, 15) is 13.2 Å². The summed E-state index contributed by atoms with van der Waals surface area (Å²) >= 11 is 10.7. The summed E-state index contributed by atoms with van der Waals surface area (Å²) in [5.74, 6) is 0.232. The molecule has 0 aromatic carbocycles. The molecule has 0 unspecified atom stereocenters. The lowest BCUT2D eigenvalue weighted by molar-refractivity contribution is 0.0534. The van der Waals surface area contributed by atoms with Crippen molar-refractivity contribution < 1.29 is 13.2 Å². The number of pyridine rings is 1. The second kappa shape index (κ2) is 8.38. The van der Waals surface area contributed by atoms with Gasteiger partial charge in [0.1, 0.15) is 15.9 Å². The third-order valence-corrected chi connectivity index (χ3v) is 7.58. The van der Waals surface area contributed by atoms with Crippen molar-refractivity contribution in [3.05, 3.63) is 15.6 Å². The van der Waals surface area contributed by atoms with Crippen molar-refractivity contribution in [1.29, 1.82) is 0 Å². The molecule has 2 fully saturated rings. The lowest BCUT2D eigenvalue weighted by Crippen LogP contribution is -2.51. The van der Waals surface area contributed by atoms with Crippen molar-refractivity contribution >= 4 is 56.0 Å². The summed E-state index contributed by atoms with van der Waals surface area (Å²) < 4.78 is 42.7. The van der Waals surface area contributed by atoms with Crippen LogP contribution in [-0.4, -0.2) is 39.7 Å². The fourth-order valence-corrected chi connectivity index (χ4v) is 6.19. The Hall–Kier alpha value is -0.800. The van der Waals surface area contributed by atoms with E-state index in [0.29, 0.717) is 39.2 Å². The van der Waals surface area contributed by atoms with Gasteiger partial charge in [-0.05, 0) is 52.8 Å². The fourth-order valence-electron chi connectivity index (χ4n) is 4.80. The Balaban J connectivity index is 1.94. The monoisotopic (exact) mass is 508 g/mol. The van der Waals surface area contributed by atoms with Gasteiger partial charge in [-0.3, -0.25) is 0 Å². The maximum Gasteiger partial charge on any atom is 0.243 e. The molecule has 4 nitrogen and oxygen atoms in total. The molecule has 158 valence electrons. The standard InChI is InChI=1S/C19H21BrClF3N4S/c1-3-29-19-25-13-11(15(20)26-16(21)12(13)22)18(27-19)28-7-9-4-5-10(6-9)14(28)8(2)17(23)24/h8-10,14,17H,3-7H2,1-2H3/t8-,9-,10+,14+/m0/s1. The van der Waals surface area contributed by atoms with Gasteiger partial charge in [-0.25, -0.2) is 28.1 Å². The largest absolute Gasteiger partial charge is 0.352 e. The Kier molecular flexibility index (Phi) is 6.19. The number of alkyl halides is 2. The topological polar surface area (TPSA) is 41.9 Å². The van der Waals surface area contributed by atoms with Crippen LogP contribution in [0.2, 0.25) is 5.15 Å². The van der Waals surface area contributed by atoms with Crippen LogP contribution in [0.1, 0.15) is 33.1 Å². The first kappa shape index (κ1) is 21.4. The van der Waals surface area contributed by atoms with Crippen molar-refractivity contribution in [3.8, 4) is 0 Å². The molecule has 0 amide bonds. The van der Waals surface area contributed by atoms with Gasteiger partial charge in [0.05, 0.1) is 5.39 Å². The van der Waals surface area contributed by atoms with Crippen molar-refractivity contribution in [2.75, 3.05) is 17.2 Å². The van der Waals surface area contributed by atoms with Crippen LogP contribution in [0.4, 0.5) is 19.0 Å². The Bertz CT molecular complexity index is 932. The molecule has 4 rings (SSSR count). The Labute approximate surface area is 185 Å². The number of piperidine rings is 1. The minimum absolute atomic E-state index is 0.0687. The number of aromatic nitrogens is 3. The van der Waals surface area contributed by atoms with E-state index in [-0.39, 0.29) is 22.6 Å². The molecule has 4 atom stereocenters. The molecular weight excluding hydrogens is 489 g/mol. The SMILES string of the molecule is CCSc1nc(N2C[C@H]3CC[C@H](C3)[C@H]2[C@H](C)C(F)F)c2c(Br)nc(Cl)c(F)c2n1. The van der Waals surface area contributed by atoms with Crippen LogP contribution in [0.5, 0.6) is 0 Å². The molecule has 3 heterocycles. The highest BCUT2D eigenvalue weighted by Crippen LogP contribution is 2.47. The molecule has 1 saturated heterocycles. The highest BCUT2D eigenvalue weighted by atomic mass is 79.9. The molecule has 0 spiro atoms. The van der Waals surface area contributed by atoms with Gasteiger partial charge in [0.25, 0.3) is 0 Å². The predicted molar refractivity (Wildman–Crippen MR) is 114 cm³/mol. The number of rotatable bonds is 5. The van der Waals surface area contributed by atoms with Crippen LogP contribution in [0.15, 0.2) is 9.76 Å². The second-order valence-electron chi connectivity index (χ2n) is 7.77. The maximum atomic E-state index is 14.8. The summed E-state index contributed by atoms with van der Waals surface area (Å²) in [4.78, 5) is 15.0. The molecule has 1 aliphatic carbocycles. The van der Waals surface area contributed by atoms with Gasteiger partial charge >= 0.3 is 0 Å². The van der Waals surface area contributed by atoms with Crippen molar-refractivity contribution in [2.45, 2.75) is 50.7 Å². The second-order valence-corrected chi connectivity index (χ2v) is 10.1. The average Bonchev–Trinajstić information content (AvgIpc) is 3.06. The van der Waals surface area contributed by atoms with E-state index in [4.69, 9.17) is 11.6 Å². The number of thioether (sulfide) groups is 1. The van der Waals surface area contributed by atoms with Crippen LogP contribution < -0.4 is 4.90 Å². The van der Waals surface area contributed by atoms with Gasteiger partial charge in [-0.1, -0.05) is 37.2 Å². The number of halogens is 5. The van der Waals surface area contributed by atoms with Gasteiger partial charge in [-0.15, -0.1) is 0 Å². The Morgan fingerprint density at radius 3 is 2.72 bits per heavy atom. The van der Waals surface area contributed by atoms with Gasteiger partial charge in [-0.2, -0.15) is 0 Å². The first-order valence-electron chi connectivity index (χ1n) is 9.71. The minimum Gasteiger partial charge on any atom is -0.352 e. The molecule has 2 aliphatic rings. The average molecular weight is 510 g/mol. The molecule has 29 heavy (non-hydrogen) atoms. The van der Waals surface area contributed by atoms with Gasteiger partial charge in [0, 0.05) is 18.5 Å². The van der Waals surface area contributed by atoms with E-state index in [1.165, 1.54) is 11.8 Å². The first-order chi connectivity index (χ1) is 13.8. The molecule has 1 saturated carbocycles. The fraction of sp³-hybridized carbons (Fsp3) is 0.632. The zero-order chi connectivity index (χ0) is 20.9. The van der Waals surface area contributed by atoms with Crippen LogP contribution in [0.25, 0.3) is 10.9 Å². The van der Waals surface area contributed by atoms with E-state index < -0.39 is 18.2 Å².